The van der Waals surface area contributed by atoms with Crippen LogP contribution in [0.15, 0.2) is 6.07 Å². The predicted molar refractivity (Wildman–Crippen MR) is 45.7 cm³/mol. The quantitative estimate of drug-likeness (QED) is 0.694. The van der Waals surface area contributed by atoms with Gasteiger partial charge >= 0.3 is 0 Å². The van der Waals surface area contributed by atoms with Gasteiger partial charge in [0, 0.05) is 22.9 Å². The summed E-state index contributed by atoms with van der Waals surface area (Å²) in [6.07, 6.45) is 0. The van der Waals surface area contributed by atoms with Gasteiger partial charge in [0.15, 0.2) is 0 Å². The van der Waals surface area contributed by atoms with Crippen LogP contribution in [0.5, 0.6) is 0 Å². The summed E-state index contributed by atoms with van der Waals surface area (Å²) in [6.45, 7) is 3.42. The number of hydrogen-bond donors (Lipinski definition) is 0. The van der Waals surface area contributed by atoms with Crippen molar-refractivity contribution in [2.24, 2.45) is 0 Å². The van der Waals surface area contributed by atoms with Gasteiger partial charge in [-0.05, 0) is 0 Å². The maximum Gasteiger partial charge on any atom is 0.237 e. The van der Waals surface area contributed by atoms with Crippen LogP contribution < -0.4 is 0 Å². The average Bonchev–Trinajstić information content (AvgIpc) is 2.09. The van der Waals surface area contributed by atoms with Gasteiger partial charge in [0.1, 0.15) is 0 Å². The summed E-state index contributed by atoms with van der Waals surface area (Å²) in [7, 11) is 0. The lowest BCUT2D eigenvalue weighted by atomic mass is 9.88. The van der Waals surface area contributed by atoms with Crippen LogP contribution in [0.25, 0.3) is 0 Å². The lowest BCUT2D eigenvalue weighted by Crippen LogP contribution is -2.22. The molecule has 13 heavy (non-hydrogen) atoms. The number of alkyl halides is 1. The minimum atomic E-state index is -0.797. The smallest absolute Gasteiger partial charge is 0.183 e. The summed E-state index contributed by atoms with van der Waals surface area (Å²) >= 11 is 5.61. The summed E-state index contributed by atoms with van der Waals surface area (Å²) in [5.41, 5.74) is -0.488. The number of halogens is 3. The third-order valence-corrected chi connectivity index (χ3v) is 2.45. The Morgan fingerprint density at radius 2 is 2.00 bits per heavy atom. The Hall–Kier alpha value is -0.770. The molecule has 2 nitrogen and oxygen atoms in total. The van der Waals surface area contributed by atoms with E-state index >= 15 is 0 Å². The SMILES string of the molecule is CC(C)(CCl)c1cc(F)nnc1F. The maximum absolute atomic E-state index is 13.1. The monoisotopic (exact) mass is 206 g/mol. The molecule has 1 aromatic rings. The van der Waals surface area contributed by atoms with Crippen LogP contribution in [0.2, 0.25) is 0 Å². The van der Waals surface area contributed by atoms with Crippen molar-refractivity contribution in [2.75, 3.05) is 5.88 Å². The first-order chi connectivity index (χ1) is 5.97. The average molecular weight is 207 g/mol. The van der Waals surface area contributed by atoms with Crippen LogP contribution >= 0.6 is 11.6 Å². The van der Waals surface area contributed by atoms with E-state index in [0.29, 0.717) is 0 Å². The molecule has 0 unspecified atom stereocenters. The minimum Gasteiger partial charge on any atom is -0.183 e. The molecule has 0 radical (unpaired) electrons. The Labute approximate surface area is 79.9 Å². The standard InChI is InChI=1S/C8H9ClF2N2/c1-8(2,4-9)5-3-6(10)12-13-7(5)11/h3H,4H2,1-2H3. The van der Waals surface area contributed by atoms with E-state index in [4.69, 9.17) is 11.6 Å². The number of hydrogen-bond acceptors (Lipinski definition) is 2. The van der Waals surface area contributed by atoms with Crippen molar-refractivity contribution in [2.45, 2.75) is 19.3 Å². The highest BCUT2D eigenvalue weighted by Gasteiger charge is 2.25. The fourth-order valence-corrected chi connectivity index (χ4v) is 1.04. The largest absolute Gasteiger partial charge is 0.237 e. The van der Waals surface area contributed by atoms with Crippen molar-refractivity contribution in [3.8, 4) is 0 Å². The third kappa shape index (κ3) is 2.12. The molecule has 1 rings (SSSR count). The zero-order valence-electron chi connectivity index (χ0n) is 7.31. The maximum atomic E-state index is 13.1. The van der Waals surface area contributed by atoms with Crippen molar-refractivity contribution in [1.29, 1.82) is 0 Å². The Bertz CT molecular complexity index is 315. The third-order valence-electron chi connectivity index (χ3n) is 1.78. The first-order valence-corrected chi connectivity index (χ1v) is 4.26. The molecule has 0 saturated carbocycles. The van der Waals surface area contributed by atoms with Gasteiger partial charge in [0.05, 0.1) is 0 Å². The highest BCUT2D eigenvalue weighted by atomic mass is 35.5. The van der Waals surface area contributed by atoms with Crippen LogP contribution in [-0.4, -0.2) is 16.1 Å². The van der Waals surface area contributed by atoms with Gasteiger partial charge in [0.25, 0.3) is 0 Å². The van der Waals surface area contributed by atoms with Crippen LogP contribution in [-0.2, 0) is 5.41 Å². The normalized spacial score (nSPS) is 11.8. The molecule has 0 atom stereocenters. The van der Waals surface area contributed by atoms with E-state index in [2.05, 4.69) is 10.2 Å². The van der Waals surface area contributed by atoms with Crippen LogP contribution in [0.1, 0.15) is 19.4 Å². The number of rotatable bonds is 2. The second kappa shape index (κ2) is 3.54. The fourth-order valence-electron chi connectivity index (χ4n) is 0.900. The molecule has 0 aromatic carbocycles. The summed E-state index contributed by atoms with van der Waals surface area (Å²) in [5.74, 6) is -1.38. The lowest BCUT2D eigenvalue weighted by Gasteiger charge is -2.21. The van der Waals surface area contributed by atoms with Crippen molar-refractivity contribution in [3.05, 3.63) is 23.5 Å². The van der Waals surface area contributed by atoms with Gasteiger partial charge in [0.2, 0.25) is 11.9 Å². The molecule has 72 valence electrons. The molecule has 0 spiro atoms. The van der Waals surface area contributed by atoms with Crippen molar-refractivity contribution >= 4 is 11.6 Å². The van der Waals surface area contributed by atoms with Gasteiger partial charge < -0.3 is 0 Å². The van der Waals surface area contributed by atoms with Crippen molar-refractivity contribution in [3.63, 3.8) is 0 Å². The van der Waals surface area contributed by atoms with Gasteiger partial charge in [-0.25, -0.2) is 0 Å². The van der Waals surface area contributed by atoms with Gasteiger partial charge in [-0.2, -0.15) is 8.78 Å². The molecule has 0 bridgehead atoms. The van der Waals surface area contributed by atoms with Gasteiger partial charge in [-0.3, -0.25) is 0 Å². The van der Waals surface area contributed by atoms with E-state index in [1.165, 1.54) is 0 Å². The van der Waals surface area contributed by atoms with E-state index in [1.54, 1.807) is 13.8 Å². The highest BCUT2D eigenvalue weighted by molar-refractivity contribution is 6.18. The van der Waals surface area contributed by atoms with E-state index < -0.39 is 17.3 Å². The van der Waals surface area contributed by atoms with Gasteiger partial charge in [-0.15, -0.1) is 21.8 Å². The summed E-state index contributed by atoms with van der Waals surface area (Å²) in [5, 5.41) is 6.00. The number of aromatic nitrogens is 2. The molecule has 5 heteroatoms. The Kier molecular flexibility index (Phi) is 2.81. The van der Waals surface area contributed by atoms with E-state index in [1.807, 2.05) is 0 Å². The molecule has 0 saturated heterocycles. The topological polar surface area (TPSA) is 25.8 Å². The molecule has 0 fully saturated rings. The summed E-state index contributed by atoms with van der Waals surface area (Å²) in [6, 6.07) is 1.02. The molecular formula is C8H9ClF2N2. The molecule has 0 aliphatic heterocycles. The minimum absolute atomic E-state index is 0.148. The second-order valence-electron chi connectivity index (χ2n) is 3.39. The molecule has 0 N–H and O–H groups in total. The molecule has 0 amide bonds. The molecule has 1 heterocycles. The fraction of sp³-hybridized carbons (Fsp3) is 0.500. The van der Waals surface area contributed by atoms with Crippen molar-refractivity contribution < 1.29 is 8.78 Å². The van der Waals surface area contributed by atoms with E-state index in [0.717, 1.165) is 6.07 Å². The predicted octanol–water partition coefficient (Wildman–Crippen LogP) is 2.27. The molecule has 0 aliphatic carbocycles. The van der Waals surface area contributed by atoms with Crippen molar-refractivity contribution in [1.82, 2.24) is 10.2 Å². The second-order valence-corrected chi connectivity index (χ2v) is 3.66. The van der Waals surface area contributed by atoms with E-state index in [-0.39, 0.29) is 11.4 Å². The Morgan fingerprint density at radius 1 is 1.38 bits per heavy atom. The molecular weight excluding hydrogens is 198 g/mol. The first-order valence-electron chi connectivity index (χ1n) is 3.72. The molecule has 0 aliphatic rings. The summed E-state index contributed by atoms with van der Waals surface area (Å²) < 4.78 is 25.7. The Balaban J connectivity index is 3.20. The Morgan fingerprint density at radius 3 is 2.54 bits per heavy atom. The van der Waals surface area contributed by atoms with Crippen LogP contribution in [0, 0.1) is 11.9 Å². The number of nitrogens with zero attached hydrogens (tertiary/aromatic N) is 2. The molecule has 1 aromatic heterocycles. The van der Waals surface area contributed by atoms with E-state index in [9.17, 15) is 8.78 Å². The summed E-state index contributed by atoms with van der Waals surface area (Å²) in [4.78, 5) is 0. The van der Waals surface area contributed by atoms with Gasteiger partial charge in [-0.1, -0.05) is 13.8 Å². The first kappa shape index (κ1) is 10.3. The van der Waals surface area contributed by atoms with Crippen LogP contribution in [0.4, 0.5) is 8.78 Å². The highest BCUT2D eigenvalue weighted by Crippen LogP contribution is 2.25. The zero-order chi connectivity index (χ0) is 10.1. The lowest BCUT2D eigenvalue weighted by molar-refractivity contribution is 0.458. The van der Waals surface area contributed by atoms with Crippen LogP contribution in [0.3, 0.4) is 0 Å². The zero-order valence-corrected chi connectivity index (χ0v) is 8.07.